The smallest absolute Gasteiger partial charge is 0.270 e. The zero-order valence-corrected chi connectivity index (χ0v) is 13.7. The van der Waals surface area contributed by atoms with Crippen LogP contribution in [-0.2, 0) is 0 Å². The molecular formula is C18H21N3O. The van der Waals surface area contributed by atoms with E-state index in [1.165, 1.54) is 0 Å². The molecule has 114 valence electrons. The molecule has 1 N–H and O–H groups in total. The van der Waals surface area contributed by atoms with Crippen LogP contribution in [0.1, 0.15) is 48.0 Å². The second-order valence-electron chi connectivity index (χ2n) is 6.55. The van der Waals surface area contributed by atoms with Crippen LogP contribution in [-0.4, -0.2) is 16.0 Å². The Hall–Kier alpha value is -2.54. The van der Waals surface area contributed by atoms with Gasteiger partial charge in [-0.15, -0.1) is 0 Å². The largest absolute Gasteiger partial charge is 0.346 e. The highest BCUT2D eigenvalue weighted by molar-refractivity contribution is 5.96. The van der Waals surface area contributed by atoms with Crippen molar-refractivity contribution in [2.24, 2.45) is 0 Å². The third-order valence-corrected chi connectivity index (χ3v) is 3.32. The van der Waals surface area contributed by atoms with Crippen molar-refractivity contribution in [3.05, 3.63) is 52.8 Å². The molecule has 2 aromatic rings. The number of nitrogens with zero attached hydrogens (tertiary/aromatic N) is 2. The van der Waals surface area contributed by atoms with Crippen LogP contribution in [0.15, 0.2) is 30.5 Å². The van der Waals surface area contributed by atoms with Gasteiger partial charge in [-0.2, -0.15) is 5.26 Å². The Labute approximate surface area is 131 Å². The number of hydrogen-bond donors (Lipinski definition) is 1. The van der Waals surface area contributed by atoms with Crippen molar-refractivity contribution >= 4 is 5.91 Å². The predicted octanol–water partition coefficient (Wildman–Crippen LogP) is 3.49. The molecule has 1 heterocycles. The molecule has 0 fully saturated rings. The number of aryl methyl sites for hydroxylation is 2. The van der Waals surface area contributed by atoms with Crippen molar-refractivity contribution in [1.82, 2.24) is 9.88 Å². The maximum Gasteiger partial charge on any atom is 0.270 e. The van der Waals surface area contributed by atoms with Gasteiger partial charge in [-0.05, 0) is 52.3 Å². The highest BCUT2D eigenvalue weighted by atomic mass is 16.2. The van der Waals surface area contributed by atoms with Crippen molar-refractivity contribution < 1.29 is 4.79 Å². The summed E-state index contributed by atoms with van der Waals surface area (Å²) in [5.41, 5.74) is 3.53. The summed E-state index contributed by atoms with van der Waals surface area (Å²) in [6.07, 6.45) is 1.77. The molecule has 0 bridgehead atoms. The van der Waals surface area contributed by atoms with E-state index in [0.29, 0.717) is 11.3 Å². The van der Waals surface area contributed by atoms with E-state index < -0.39 is 0 Å². The molecule has 1 aromatic heterocycles. The number of hydrogen-bond acceptors (Lipinski definition) is 2. The zero-order valence-electron chi connectivity index (χ0n) is 13.7. The minimum absolute atomic E-state index is 0.242. The first kappa shape index (κ1) is 15.8. The van der Waals surface area contributed by atoms with E-state index in [-0.39, 0.29) is 11.4 Å². The summed E-state index contributed by atoms with van der Waals surface area (Å²) in [4.78, 5) is 12.6. The lowest BCUT2D eigenvalue weighted by atomic mass is 10.1. The number of nitrogens with one attached hydrogen (secondary N) is 1. The summed E-state index contributed by atoms with van der Waals surface area (Å²) in [6, 6.07) is 9.81. The van der Waals surface area contributed by atoms with E-state index in [2.05, 4.69) is 17.5 Å². The van der Waals surface area contributed by atoms with Crippen molar-refractivity contribution in [1.29, 1.82) is 5.26 Å². The lowest BCUT2D eigenvalue weighted by molar-refractivity contribution is 0.0912. The minimum atomic E-state index is -0.360. The van der Waals surface area contributed by atoms with Crippen LogP contribution in [0, 0.1) is 25.2 Å². The topological polar surface area (TPSA) is 57.8 Å². The third kappa shape index (κ3) is 3.20. The van der Waals surface area contributed by atoms with Gasteiger partial charge in [0.25, 0.3) is 5.91 Å². The van der Waals surface area contributed by atoms with Gasteiger partial charge in [-0.25, -0.2) is 0 Å². The highest BCUT2D eigenvalue weighted by Crippen LogP contribution is 2.21. The third-order valence-electron chi connectivity index (χ3n) is 3.32. The lowest BCUT2D eigenvalue weighted by Crippen LogP contribution is -2.41. The van der Waals surface area contributed by atoms with Gasteiger partial charge < -0.3 is 9.88 Å². The van der Waals surface area contributed by atoms with E-state index in [1.54, 1.807) is 16.8 Å². The average molecular weight is 295 g/mol. The second-order valence-corrected chi connectivity index (χ2v) is 6.55. The Morgan fingerprint density at radius 3 is 2.45 bits per heavy atom. The van der Waals surface area contributed by atoms with E-state index in [1.807, 2.05) is 46.8 Å². The van der Waals surface area contributed by atoms with E-state index >= 15 is 0 Å². The number of benzene rings is 1. The van der Waals surface area contributed by atoms with Gasteiger partial charge in [0.05, 0.1) is 5.56 Å². The first-order valence-electron chi connectivity index (χ1n) is 7.24. The summed E-state index contributed by atoms with van der Waals surface area (Å²) in [5.74, 6) is -0.242. The summed E-state index contributed by atoms with van der Waals surface area (Å²) < 4.78 is 1.79. The molecule has 0 unspecified atom stereocenters. The first-order valence-corrected chi connectivity index (χ1v) is 7.24. The molecular weight excluding hydrogens is 274 g/mol. The summed E-state index contributed by atoms with van der Waals surface area (Å²) >= 11 is 0. The number of nitriles is 1. The van der Waals surface area contributed by atoms with Gasteiger partial charge in [-0.1, -0.05) is 17.7 Å². The van der Waals surface area contributed by atoms with E-state index in [0.717, 1.165) is 16.8 Å². The van der Waals surface area contributed by atoms with Crippen molar-refractivity contribution in [3.63, 3.8) is 0 Å². The Kier molecular flexibility index (Phi) is 4.09. The normalized spacial score (nSPS) is 11.1. The van der Waals surface area contributed by atoms with Crippen molar-refractivity contribution in [3.8, 4) is 11.8 Å². The average Bonchev–Trinajstić information content (AvgIpc) is 2.80. The fourth-order valence-corrected chi connectivity index (χ4v) is 2.43. The number of carbonyl (C=O) groups excluding carboxylic acids is 1. The van der Waals surface area contributed by atoms with Crippen LogP contribution in [0.4, 0.5) is 0 Å². The molecule has 0 radical (unpaired) electrons. The van der Waals surface area contributed by atoms with Crippen LogP contribution in [0.2, 0.25) is 0 Å². The molecule has 2 rings (SSSR count). The van der Waals surface area contributed by atoms with Crippen molar-refractivity contribution in [2.75, 3.05) is 0 Å². The Bertz CT molecular complexity index is 758. The van der Waals surface area contributed by atoms with Crippen LogP contribution >= 0.6 is 0 Å². The van der Waals surface area contributed by atoms with Crippen LogP contribution in [0.25, 0.3) is 5.69 Å². The lowest BCUT2D eigenvalue weighted by Gasteiger charge is -2.21. The van der Waals surface area contributed by atoms with Crippen LogP contribution in [0.3, 0.4) is 0 Å². The SMILES string of the molecule is Cc1ccc(-n2ccc(C#N)c2C(=O)NC(C)(C)C)c(C)c1. The molecule has 0 aliphatic rings. The summed E-state index contributed by atoms with van der Waals surface area (Å²) in [5, 5.41) is 12.2. The molecule has 1 amide bonds. The highest BCUT2D eigenvalue weighted by Gasteiger charge is 2.22. The monoisotopic (exact) mass is 295 g/mol. The summed E-state index contributed by atoms with van der Waals surface area (Å²) in [6.45, 7) is 9.78. The standard InChI is InChI=1S/C18H21N3O/c1-12-6-7-15(13(2)10-12)21-9-8-14(11-19)16(21)17(22)20-18(3,4)5/h6-10H,1-5H3,(H,20,22). The van der Waals surface area contributed by atoms with Crippen LogP contribution in [0.5, 0.6) is 0 Å². The molecule has 0 atom stereocenters. The molecule has 0 spiro atoms. The molecule has 22 heavy (non-hydrogen) atoms. The fraction of sp³-hybridized carbons (Fsp3) is 0.333. The molecule has 1 aromatic carbocycles. The quantitative estimate of drug-likeness (QED) is 0.922. The minimum Gasteiger partial charge on any atom is -0.346 e. The molecule has 0 aliphatic heterocycles. The second kappa shape index (κ2) is 5.69. The zero-order chi connectivity index (χ0) is 16.5. The van der Waals surface area contributed by atoms with Gasteiger partial charge in [-0.3, -0.25) is 4.79 Å². The fourth-order valence-electron chi connectivity index (χ4n) is 2.43. The summed E-state index contributed by atoms with van der Waals surface area (Å²) in [7, 11) is 0. The van der Waals surface area contributed by atoms with Crippen LogP contribution < -0.4 is 5.32 Å². The van der Waals surface area contributed by atoms with Gasteiger partial charge in [0.2, 0.25) is 0 Å². The molecule has 4 heteroatoms. The maximum atomic E-state index is 12.6. The number of aromatic nitrogens is 1. The molecule has 0 aliphatic carbocycles. The number of rotatable bonds is 2. The number of amides is 1. The maximum absolute atomic E-state index is 12.6. The van der Waals surface area contributed by atoms with Gasteiger partial charge in [0.15, 0.2) is 0 Å². The Balaban J connectivity index is 2.57. The first-order chi connectivity index (χ1) is 10.2. The van der Waals surface area contributed by atoms with E-state index in [4.69, 9.17) is 0 Å². The van der Waals surface area contributed by atoms with Gasteiger partial charge in [0.1, 0.15) is 11.8 Å². The predicted molar refractivity (Wildman–Crippen MR) is 87.2 cm³/mol. The number of carbonyl (C=O) groups is 1. The van der Waals surface area contributed by atoms with Crippen molar-refractivity contribution in [2.45, 2.75) is 40.2 Å². The Morgan fingerprint density at radius 1 is 1.23 bits per heavy atom. The Morgan fingerprint density at radius 2 is 1.91 bits per heavy atom. The molecule has 4 nitrogen and oxygen atoms in total. The van der Waals surface area contributed by atoms with E-state index in [9.17, 15) is 10.1 Å². The van der Waals surface area contributed by atoms with Gasteiger partial charge >= 0.3 is 0 Å². The molecule has 0 saturated carbocycles. The molecule has 0 saturated heterocycles. The van der Waals surface area contributed by atoms with Gasteiger partial charge in [0, 0.05) is 17.4 Å².